The summed E-state index contributed by atoms with van der Waals surface area (Å²) in [6.45, 7) is 7.10. The molecule has 0 aliphatic carbocycles. The first-order valence-corrected chi connectivity index (χ1v) is 5.90. The molecule has 0 amide bonds. The van der Waals surface area contributed by atoms with E-state index in [1.165, 1.54) is 0 Å². The van der Waals surface area contributed by atoms with E-state index in [0.717, 1.165) is 22.3 Å². The summed E-state index contributed by atoms with van der Waals surface area (Å²) in [6.07, 6.45) is 1.13. The predicted molar refractivity (Wildman–Crippen MR) is 68.3 cm³/mol. The molecule has 1 rings (SSSR count). The smallest absolute Gasteiger partial charge is 0.121 e. The fraction of sp³-hybridized carbons (Fsp3) is 0.571. The molecule has 0 spiro atoms. The molecule has 3 nitrogen and oxygen atoms in total. The Morgan fingerprint density at radius 3 is 2.29 bits per heavy atom. The van der Waals surface area contributed by atoms with Crippen LogP contribution in [-0.2, 0) is 6.42 Å². The van der Waals surface area contributed by atoms with Gasteiger partial charge in [0, 0.05) is 0 Å². The highest BCUT2D eigenvalue weighted by Crippen LogP contribution is 2.29. The minimum Gasteiger partial charge on any atom is -0.507 e. The number of aliphatic hydroxyl groups excluding tert-OH is 1. The van der Waals surface area contributed by atoms with Crippen molar-refractivity contribution in [1.29, 1.82) is 0 Å². The molecule has 0 bridgehead atoms. The third-order valence-corrected chi connectivity index (χ3v) is 3.45. The summed E-state index contributed by atoms with van der Waals surface area (Å²) in [6, 6.07) is 2.04. The van der Waals surface area contributed by atoms with Gasteiger partial charge in [0.05, 0.1) is 12.2 Å². The van der Waals surface area contributed by atoms with E-state index in [9.17, 15) is 10.2 Å². The fourth-order valence-corrected chi connectivity index (χ4v) is 1.84. The lowest BCUT2D eigenvalue weighted by Crippen LogP contribution is -2.29. The lowest BCUT2D eigenvalue weighted by atomic mass is 9.92. The van der Waals surface area contributed by atoms with Crippen LogP contribution in [0.15, 0.2) is 6.07 Å². The van der Waals surface area contributed by atoms with Gasteiger partial charge in [0.2, 0.25) is 0 Å². The van der Waals surface area contributed by atoms with Gasteiger partial charge in [-0.15, -0.1) is 0 Å². The SMILES string of the molecule is Cc1cc(CC[C@](C)(O)CO)c(C)c(O)c1C. The van der Waals surface area contributed by atoms with Gasteiger partial charge in [-0.25, -0.2) is 0 Å². The van der Waals surface area contributed by atoms with Crippen molar-refractivity contribution in [1.82, 2.24) is 0 Å². The zero-order valence-electron chi connectivity index (χ0n) is 11.0. The second-order valence-electron chi connectivity index (χ2n) is 5.11. The van der Waals surface area contributed by atoms with Crippen LogP contribution in [0.1, 0.15) is 35.6 Å². The number of aliphatic hydroxyl groups is 2. The van der Waals surface area contributed by atoms with Crippen LogP contribution < -0.4 is 0 Å². The van der Waals surface area contributed by atoms with E-state index in [1.54, 1.807) is 6.92 Å². The van der Waals surface area contributed by atoms with Crippen molar-refractivity contribution >= 4 is 0 Å². The quantitative estimate of drug-likeness (QED) is 0.752. The Kier molecular flexibility index (Phi) is 4.17. The van der Waals surface area contributed by atoms with Crippen molar-refractivity contribution in [3.05, 3.63) is 28.3 Å². The van der Waals surface area contributed by atoms with Crippen LogP contribution in [0.25, 0.3) is 0 Å². The first kappa shape index (κ1) is 14.0. The van der Waals surface area contributed by atoms with Crippen LogP contribution >= 0.6 is 0 Å². The maximum Gasteiger partial charge on any atom is 0.121 e. The zero-order chi connectivity index (χ0) is 13.2. The summed E-state index contributed by atoms with van der Waals surface area (Å²) in [5.41, 5.74) is 2.79. The van der Waals surface area contributed by atoms with Crippen LogP contribution in [0, 0.1) is 20.8 Å². The van der Waals surface area contributed by atoms with Gasteiger partial charge in [0.1, 0.15) is 5.75 Å². The van der Waals surface area contributed by atoms with Gasteiger partial charge < -0.3 is 15.3 Å². The number of benzene rings is 1. The highest BCUT2D eigenvalue weighted by Gasteiger charge is 2.19. The standard InChI is InChI=1S/C14H22O3/c1-9-7-12(5-6-14(4,17)8-15)11(3)13(16)10(9)2/h7,15-17H,5-6,8H2,1-4H3/t14-/m0/s1. The molecule has 3 heteroatoms. The van der Waals surface area contributed by atoms with Crippen LogP contribution in [0.4, 0.5) is 0 Å². The second kappa shape index (κ2) is 5.07. The van der Waals surface area contributed by atoms with Crippen LogP contribution in [-0.4, -0.2) is 27.5 Å². The Hall–Kier alpha value is -1.06. The van der Waals surface area contributed by atoms with E-state index < -0.39 is 5.60 Å². The Morgan fingerprint density at radius 2 is 1.76 bits per heavy atom. The normalized spacial score (nSPS) is 14.7. The van der Waals surface area contributed by atoms with Gasteiger partial charge in [-0.1, -0.05) is 6.07 Å². The van der Waals surface area contributed by atoms with E-state index in [0.29, 0.717) is 18.6 Å². The van der Waals surface area contributed by atoms with Gasteiger partial charge in [-0.2, -0.15) is 0 Å². The average Bonchev–Trinajstić information content (AvgIpc) is 2.29. The van der Waals surface area contributed by atoms with E-state index >= 15 is 0 Å². The lowest BCUT2D eigenvalue weighted by molar-refractivity contribution is -0.00477. The molecule has 96 valence electrons. The summed E-state index contributed by atoms with van der Waals surface area (Å²) in [5, 5.41) is 28.7. The maximum atomic E-state index is 9.94. The first-order valence-electron chi connectivity index (χ1n) is 5.90. The molecule has 0 saturated heterocycles. The van der Waals surface area contributed by atoms with Gasteiger partial charge in [0.15, 0.2) is 0 Å². The van der Waals surface area contributed by atoms with E-state index in [2.05, 4.69) is 0 Å². The maximum absolute atomic E-state index is 9.94. The highest BCUT2D eigenvalue weighted by atomic mass is 16.3. The molecule has 0 fully saturated rings. The molecule has 0 unspecified atom stereocenters. The van der Waals surface area contributed by atoms with Crippen LogP contribution in [0.3, 0.4) is 0 Å². The molecular weight excluding hydrogens is 216 g/mol. The Morgan fingerprint density at radius 1 is 1.18 bits per heavy atom. The molecule has 3 N–H and O–H groups in total. The van der Waals surface area contributed by atoms with E-state index in [1.807, 2.05) is 26.8 Å². The topological polar surface area (TPSA) is 60.7 Å². The number of aromatic hydroxyl groups is 1. The molecule has 0 aliphatic rings. The average molecular weight is 238 g/mol. The summed E-state index contributed by atoms with van der Waals surface area (Å²) in [7, 11) is 0. The number of aryl methyl sites for hydroxylation is 2. The van der Waals surface area contributed by atoms with Crippen LogP contribution in [0.2, 0.25) is 0 Å². The molecule has 0 saturated carbocycles. The Bertz CT molecular complexity index is 408. The number of hydrogen-bond acceptors (Lipinski definition) is 3. The summed E-state index contributed by atoms with van der Waals surface area (Å²) < 4.78 is 0. The summed E-state index contributed by atoms with van der Waals surface area (Å²) in [5.74, 6) is 0.337. The molecule has 1 aromatic carbocycles. The monoisotopic (exact) mass is 238 g/mol. The van der Waals surface area contributed by atoms with Crippen molar-refractivity contribution < 1.29 is 15.3 Å². The first-order chi connectivity index (χ1) is 7.78. The number of hydrogen-bond donors (Lipinski definition) is 3. The molecule has 1 aromatic rings. The molecule has 0 heterocycles. The van der Waals surface area contributed by atoms with Gasteiger partial charge in [-0.3, -0.25) is 0 Å². The molecular formula is C14H22O3. The van der Waals surface area contributed by atoms with Gasteiger partial charge in [0.25, 0.3) is 0 Å². The van der Waals surface area contributed by atoms with Crippen molar-refractivity contribution in [2.24, 2.45) is 0 Å². The number of phenolic OH excluding ortho intramolecular Hbond substituents is 1. The molecule has 0 aliphatic heterocycles. The summed E-state index contributed by atoms with van der Waals surface area (Å²) >= 11 is 0. The molecule has 1 atom stereocenters. The molecule has 0 aromatic heterocycles. The lowest BCUT2D eigenvalue weighted by Gasteiger charge is -2.21. The van der Waals surface area contributed by atoms with E-state index in [4.69, 9.17) is 5.11 Å². The van der Waals surface area contributed by atoms with Gasteiger partial charge >= 0.3 is 0 Å². The van der Waals surface area contributed by atoms with Crippen molar-refractivity contribution in [2.45, 2.75) is 46.1 Å². The van der Waals surface area contributed by atoms with Crippen molar-refractivity contribution in [3.8, 4) is 5.75 Å². The summed E-state index contributed by atoms with van der Waals surface area (Å²) in [4.78, 5) is 0. The molecule has 17 heavy (non-hydrogen) atoms. The number of phenols is 1. The third-order valence-electron chi connectivity index (χ3n) is 3.45. The minimum atomic E-state index is -1.05. The van der Waals surface area contributed by atoms with E-state index in [-0.39, 0.29) is 6.61 Å². The Labute approximate surface area is 103 Å². The Balaban J connectivity index is 2.93. The zero-order valence-corrected chi connectivity index (χ0v) is 11.0. The highest BCUT2D eigenvalue weighted by molar-refractivity contribution is 5.48. The third kappa shape index (κ3) is 3.20. The predicted octanol–water partition coefficient (Wildman–Crippen LogP) is 1.99. The van der Waals surface area contributed by atoms with Crippen molar-refractivity contribution in [3.63, 3.8) is 0 Å². The molecule has 0 radical (unpaired) electrons. The van der Waals surface area contributed by atoms with Gasteiger partial charge in [-0.05, 0) is 62.8 Å². The number of rotatable bonds is 4. The largest absolute Gasteiger partial charge is 0.507 e. The van der Waals surface area contributed by atoms with Crippen molar-refractivity contribution in [2.75, 3.05) is 6.61 Å². The fourth-order valence-electron chi connectivity index (χ4n) is 1.84. The van der Waals surface area contributed by atoms with Crippen LogP contribution in [0.5, 0.6) is 5.75 Å². The second-order valence-corrected chi connectivity index (χ2v) is 5.11. The minimum absolute atomic E-state index is 0.247.